The summed E-state index contributed by atoms with van der Waals surface area (Å²) in [7, 11) is 3.38. The minimum atomic E-state index is 0.143. The van der Waals surface area contributed by atoms with Gasteiger partial charge in [-0.05, 0) is 37.0 Å². The van der Waals surface area contributed by atoms with Crippen molar-refractivity contribution in [3.8, 4) is 11.5 Å². The Balaban J connectivity index is 1.60. The number of benzene rings is 2. The summed E-state index contributed by atoms with van der Waals surface area (Å²) in [5, 5.41) is 0. The maximum absolute atomic E-state index is 6.72. The number of ether oxygens (including phenoxy) is 3. The van der Waals surface area contributed by atoms with Gasteiger partial charge in [0.2, 0.25) is 0 Å². The molecule has 29 heavy (non-hydrogen) atoms. The van der Waals surface area contributed by atoms with Gasteiger partial charge in [0, 0.05) is 43.8 Å². The van der Waals surface area contributed by atoms with Crippen molar-refractivity contribution in [2.75, 3.05) is 40.5 Å². The molecule has 0 radical (unpaired) electrons. The Morgan fingerprint density at radius 2 is 2.00 bits per heavy atom. The third kappa shape index (κ3) is 4.00. The smallest absolute Gasteiger partial charge is 0.164 e. The number of fused-ring (bicyclic) bond motifs is 3. The summed E-state index contributed by atoms with van der Waals surface area (Å²) in [6.07, 6.45) is 1.91. The van der Waals surface area contributed by atoms with E-state index in [1.807, 2.05) is 6.07 Å². The van der Waals surface area contributed by atoms with E-state index in [-0.39, 0.29) is 6.04 Å². The van der Waals surface area contributed by atoms with Gasteiger partial charge in [-0.1, -0.05) is 35.9 Å². The molecule has 2 aliphatic rings. The van der Waals surface area contributed by atoms with Crippen LogP contribution in [0.4, 0.5) is 0 Å². The predicted molar refractivity (Wildman–Crippen MR) is 115 cm³/mol. The highest BCUT2D eigenvalue weighted by Gasteiger charge is 2.39. The summed E-state index contributed by atoms with van der Waals surface area (Å²) in [6.45, 7) is 5.25. The van der Waals surface area contributed by atoms with E-state index in [0.717, 1.165) is 37.4 Å². The van der Waals surface area contributed by atoms with Crippen LogP contribution in [-0.2, 0) is 11.2 Å². The zero-order valence-corrected chi connectivity index (χ0v) is 17.7. The number of piperidine rings is 1. The lowest BCUT2D eigenvalue weighted by atomic mass is 9.78. The molecule has 2 aromatic rings. The molecule has 0 aliphatic carbocycles. The molecule has 4 rings (SSSR count). The fraction of sp³-hybridized carbons (Fsp3) is 0.500. The molecule has 0 unspecified atom stereocenters. The van der Waals surface area contributed by atoms with Gasteiger partial charge >= 0.3 is 0 Å². The lowest BCUT2D eigenvalue weighted by molar-refractivity contribution is 0.107. The molecule has 1 fully saturated rings. The molecule has 2 aromatic carbocycles. The topological polar surface area (TPSA) is 57.0 Å². The Hall–Kier alpha value is -2.08. The highest BCUT2D eigenvalue weighted by Crippen LogP contribution is 2.45. The fourth-order valence-electron chi connectivity index (χ4n) is 4.90. The molecule has 5 nitrogen and oxygen atoms in total. The van der Waals surface area contributed by atoms with Gasteiger partial charge in [-0.25, -0.2) is 0 Å². The molecule has 0 amide bonds. The van der Waals surface area contributed by atoms with Crippen molar-refractivity contribution in [1.29, 1.82) is 0 Å². The van der Waals surface area contributed by atoms with Crippen LogP contribution in [0.15, 0.2) is 36.4 Å². The summed E-state index contributed by atoms with van der Waals surface area (Å²) in [6, 6.07) is 13.5. The molecule has 0 saturated carbocycles. The zero-order valence-electron chi connectivity index (χ0n) is 17.7. The minimum absolute atomic E-state index is 0.143. The second-order valence-electron chi connectivity index (χ2n) is 8.19. The Morgan fingerprint density at radius 1 is 1.14 bits per heavy atom. The van der Waals surface area contributed by atoms with Gasteiger partial charge < -0.3 is 19.9 Å². The first-order valence-corrected chi connectivity index (χ1v) is 10.5. The maximum Gasteiger partial charge on any atom is 0.164 e. The molecule has 3 atom stereocenters. The monoisotopic (exact) mass is 396 g/mol. The van der Waals surface area contributed by atoms with E-state index in [2.05, 4.69) is 42.2 Å². The predicted octanol–water partition coefficient (Wildman–Crippen LogP) is 3.44. The second kappa shape index (κ2) is 8.74. The number of nitrogens with zero attached hydrogens (tertiary/aromatic N) is 1. The van der Waals surface area contributed by atoms with E-state index in [4.69, 9.17) is 19.9 Å². The largest absolute Gasteiger partial charge is 0.493 e. The molecule has 5 heteroatoms. The van der Waals surface area contributed by atoms with E-state index in [1.54, 1.807) is 14.2 Å². The molecule has 2 heterocycles. The van der Waals surface area contributed by atoms with Gasteiger partial charge in [-0.2, -0.15) is 0 Å². The summed E-state index contributed by atoms with van der Waals surface area (Å²) in [5.74, 6) is 2.05. The van der Waals surface area contributed by atoms with Gasteiger partial charge in [-0.15, -0.1) is 0 Å². The van der Waals surface area contributed by atoms with Gasteiger partial charge in [0.25, 0.3) is 0 Å². The molecule has 2 aliphatic heterocycles. The third-order valence-corrected chi connectivity index (χ3v) is 6.38. The Bertz CT molecular complexity index is 854. The van der Waals surface area contributed by atoms with Crippen LogP contribution in [0.2, 0.25) is 0 Å². The highest BCUT2D eigenvalue weighted by molar-refractivity contribution is 5.53. The summed E-state index contributed by atoms with van der Waals surface area (Å²) >= 11 is 0. The average Bonchev–Trinajstić information content (AvgIpc) is 2.73. The first-order valence-electron chi connectivity index (χ1n) is 10.5. The van der Waals surface area contributed by atoms with E-state index in [0.29, 0.717) is 25.2 Å². The zero-order chi connectivity index (χ0) is 20.4. The van der Waals surface area contributed by atoms with Crippen LogP contribution in [-0.4, -0.2) is 51.5 Å². The van der Waals surface area contributed by atoms with Crippen LogP contribution in [0.1, 0.15) is 40.6 Å². The SMILES string of the molecule is COCCOc1c(OC)ccc2c1CCN1C[C@H](c3cccc(C)c3)[C@@H](N)C[C@@H]21. The Labute approximate surface area is 173 Å². The van der Waals surface area contributed by atoms with E-state index < -0.39 is 0 Å². The molecule has 0 bridgehead atoms. The quantitative estimate of drug-likeness (QED) is 0.758. The minimum Gasteiger partial charge on any atom is -0.493 e. The average molecular weight is 397 g/mol. The first kappa shape index (κ1) is 20.2. The number of hydrogen-bond donors (Lipinski definition) is 1. The van der Waals surface area contributed by atoms with Gasteiger partial charge in [-0.3, -0.25) is 4.90 Å². The molecule has 156 valence electrons. The first-order chi connectivity index (χ1) is 14.1. The van der Waals surface area contributed by atoms with Gasteiger partial charge in [0.1, 0.15) is 6.61 Å². The van der Waals surface area contributed by atoms with Crippen LogP contribution in [0, 0.1) is 6.92 Å². The second-order valence-corrected chi connectivity index (χ2v) is 8.19. The van der Waals surface area contributed by atoms with Gasteiger partial charge in [0.15, 0.2) is 11.5 Å². The lowest BCUT2D eigenvalue weighted by Crippen LogP contribution is -2.49. The van der Waals surface area contributed by atoms with Crippen molar-refractivity contribution >= 4 is 0 Å². The number of methoxy groups -OCH3 is 2. The lowest BCUT2D eigenvalue weighted by Gasteiger charge is -2.46. The maximum atomic E-state index is 6.72. The molecule has 2 N–H and O–H groups in total. The summed E-state index contributed by atoms with van der Waals surface area (Å²) in [5.41, 5.74) is 12.0. The molecule has 1 saturated heterocycles. The molecular weight excluding hydrogens is 364 g/mol. The van der Waals surface area contributed by atoms with Crippen molar-refractivity contribution in [3.05, 3.63) is 58.7 Å². The van der Waals surface area contributed by atoms with E-state index in [9.17, 15) is 0 Å². The summed E-state index contributed by atoms with van der Waals surface area (Å²) in [4.78, 5) is 2.60. The fourth-order valence-corrected chi connectivity index (χ4v) is 4.90. The molecule has 0 aromatic heterocycles. The molecule has 0 spiro atoms. The van der Waals surface area contributed by atoms with Crippen molar-refractivity contribution in [2.45, 2.75) is 37.8 Å². The Morgan fingerprint density at radius 3 is 2.76 bits per heavy atom. The van der Waals surface area contributed by atoms with Crippen molar-refractivity contribution in [3.63, 3.8) is 0 Å². The highest BCUT2D eigenvalue weighted by atomic mass is 16.5. The standard InChI is InChI=1S/C24H32N2O3/c1-16-5-4-6-17(13-16)20-15-26-10-9-19-18(22(26)14-21(20)25)7-8-23(28-3)24(19)29-12-11-27-2/h4-8,13,20-22H,9-12,14-15,25H2,1-3H3/t20-,21+,22+/m1/s1. The summed E-state index contributed by atoms with van der Waals surface area (Å²) < 4.78 is 16.8. The van der Waals surface area contributed by atoms with E-state index >= 15 is 0 Å². The van der Waals surface area contributed by atoms with Crippen LogP contribution in [0.3, 0.4) is 0 Å². The normalized spacial score (nSPS) is 23.9. The number of aryl methyl sites for hydroxylation is 1. The Kier molecular flexibility index (Phi) is 6.09. The van der Waals surface area contributed by atoms with Gasteiger partial charge in [0.05, 0.1) is 13.7 Å². The van der Waals surface area contributed by atoms with Crippen molar-refractivity contribution in [2.24, 2.45) is 5.73 Å². The third-order valence-electron chi connectivity index (χ3n) is 6.38. The molecular formula is C24H32N2O3. The van der Waals surface area contributed by atoms with Crippen LogP contribution in [0.5, 0.6) is 11.5 Å². The van der Waals surface area contributed by atoms with Crippen LogP contribution < -0.4 is 15.2 Å². The van der Waals surface area contributed by atoms with Crippen LogP contribution in [0.25, 0.3) is 0 Å². The van der Waals surface area contributed by atoms with Crippen LogP contribution >= 0.6 is 0 Å². The van der Waals surface area contributed by atoms with Crippen molar-refractivity contribution < 1.29 is 14.2 Å². The number of hydrogen-bond acceptors (Lipinski definition) is 5. The number of nitrogens with two attached hydrogens (primary N) is 1. The number of rotatable bonds is 6. The van der Waals surface area contributed by atoms with E-state index in [1.165, 1.54) is 22.3 Å². The van der Waals surface area contributed by atoms with Crippen molar-refractivity contribution in [1.82, 2.24) is 4.90 Å².